The van der Waals surface area contributed by atoms with Gasteiger partial charge in [0.05, 0.1) is 0 Å². The molecule has 2 aromatic rings. The van der Waals surface area contributed by atoms with Gasteiger partial charge >= 0.3 is 0 Å². The van der Waals surface area contributed by atoms with Gasteiger partial charge in [0.2, 0.25) is 0 Å². The van der Waals surface area contributed by atoms with Gasteiger partial charge in [0.15, 0.2) is 17.2 Å². The van der Waals surface area contributed by atoms with E-state index in [1.165, 1.54) is 57.4 Å². The van der Waals surface area contributed by atoms with Crippen molar-refractivity contribution < 1.29 is 14.3 Å². The molecule has 1 unspecified atom stereocenters. The molecule has 2 aromatic carbocycles. The first-order valence-corrected chi connectivity index (χ1v) is 14.6. The molecule has 0 aliphatic rings. The van der Waals surface area contributed by atoms with E-state index in [9.17, 15) is 9.59 Å². The molecular weight excluding hydrogens is 456 g/mol. The first-order chi connectivity index (χ1) is 18.1. The highest BCUT2D eigenvalue weighted by molar-refractivity contribution is 6.09. The Kier molecular flexibility index (Phi) is 14.8. The highest BCUT2D eigenvalue weighted by Crippen LogP contribution is 2.35. The van der Waals surface area contributed by atoms with Crippen LogP contribution in [0.15, 0.2) is 67.3 Å². The van der Waals surface area contributed by atoms with E-state index in [1.807, 2.05) is 54.6 Å². The molecule has 0 bridgehead atoms. The third-order valence-electron chi connectivity index (χ3n) is 7.21. The molecule has 3 nitrogen and oxygen atoms in total. The van der Waals surface area contributed by atoms with Gasteiger partial charge in [-0.3, -0.25) is 9.59 Å². The molecule has 202 valence electrons. The predicted molar refractivity (Wildman–Crippen MR) is 155 cm³/mol. The lowest BCUT2D eigenvalue weighted by molar-refractivity contribution is -0.143. The largest absolute Gasteiger partial charge is 0.362 e. The van der Waals surface area contributed by atoms with E-state index >= 15 is 0 Å². The van der Waals surface area contributed by atoms with Crippen molar-refractivity contribution in [2.75, 3.05) is 6.61 Å². The van der Waals surface area contributed by atoms with Gasteiger partial charge in [-0.1, -0.05) is 146 Å². The van der Waals surface area contributed by atoms with Crippen LogP contribution < -0.4 is 0 Å². The summed E-state index contributed by atoms with van der Waals surface area (Å²) in [4.78, 5) is 26.2. The average molecular weight is 505 g/mol. The van der Waals surface area contributed by atoms with Crippen molar-refractivity contribution in [2.45, 2.75) is 109 Å². The van der Waals surface area contributed by atoms with Gasteiger partial charge in [-0.05, 0) is 30.9 Å². The van der Waals surface area contributed by atoms with Crippen LogP contribution in [0, 0.1) is 0 Å². The standard InChI is InChI=1S/C34H48O3/c1-4-7-9-10-11-12-13-14-15-19-27-34(32(35)6-3,37-28-20-8-5-2)31-25-23-30(24-26-31)33(36)29-21-17-16-18-22-29/h6,16-18,21-26H,3-5,7-15,19-20,27-28H2,1-2H3. The second-order valence-electron chi connectivity index (χ2n) is 10.2. The zero-order valence-electron chi connectivity index (χ0n) is 23.3. The second-order valence-corrected chi connectivity index (χ2v) is 10.2. The summed E-state index contributed by atoms with van der Waals surface area (Å²) in [6, 6.07) is 16.7. The Morgan fingerprint density at radius 2 is 1.22 bits per heavy atom. The normalized spacial score (nSPS) is 12.7. The van der Waals surface area contributed by atoms with Gasteiger partial charge in [0.25, 0.3) is 0 Å². The molecular formula is C34H48O3. The molecule has 0 spiro atoms. The van der Waals surface area contributed by atoms with E-state index < -0.39 is 5.60 Å². The molecule has 0 saturated carbocycles. The van der Waals surface area contributed by atoms with Crippen LogP contribution in [0.5, 0.6) is 0 Å². The molecule has 3 heteroatoms. The molecule has 0 saturated heterocycles. The van der Waals surface area contributed by atoms with Gasteiger partial charge in [-0.2, -0.15) is 0 Å². The van der Waals surface area contributed by atoms with Crippen molar-refractivity contribution >= 4 is 11.6 Å². The molecule has 0 heterocycles. The average Bonchev–Trinajstić information content (AvgIpc) is 2.95. The lowest BCUT2D eigenvalue weighted by Crippen LogP contribution is -2.38. The first kappa shape index (κ1) is 30.7. The van der Waals surface area contributed by atoms with Crippen LogP contribution in [-0.4, -0.2) is 18.2 Å². The Morgan fingerprint density at radius 3 is 1.78 bits per heavy atom. The van der Waals surface area contributed by atoms with E-state index in [1.54, 1.807) is 0 Å². The summed E-state index contributed by atoms with van der Waals surface area (Å²) in [6.45, 7) is 8.75. The van der Waals surface area contributed by atoms with Gasteiger partial charge in [-0.15, -0.1) is 0 Å². The molecule has 0 amide bonds. The minimum Gasteiger partial charge on any atom is -0.362 e. The fourth-order valence-corrected chi connectivity index (χ4v) is 4.91. The Bertz CT molecular complexity index is 916. The van der Waals surface area contributed by atoms with Crippen LogP contribution in [0.1, 0.15) is 125 Å². The summed E-state index contributed by atoms with van der Waals surface area (Å²) in [7, 11) is 0. The monoisotopic (exact) mass is 504 g/mol. The van der Waals surface area contributed by atoms with Gasteiger partial charge in [-0.25, -0.2) is 0 Å². The minimum atomic E-state index is -1.04. The third-order valence-corrected chi connectivity index (χ3v) is 7.21. The summed E-state index contributed by atoms with van der Waals surface area (Å²) in [5.74, 6) is -0.117. The topological polar surface area (TPSA) is 43.4 Å². The molecule has 37 heavy (non-hydrogen) atoms. The summed E-state index contributed by atoms with van der Waals surface area (Å²) in [5.41, 5.74) is 1.04. The van der Waals surface area contributed by atoms with Crippen LogP contribution in [0.3, 0.4) is 0 Å². The molecule has 0 aliphatic heterocycles. The van der Waals surface area contributed by atoms with E-state index in [0.717, 1.165) is 37.7 Å². The minimum absolute atomic E-state index is 0.0219. The van der Waals surface area contributed by atoms with E-state index in [4.69, 9.17) is 4.74 Å². The van der Waals surface area contributed by atoms with Crippen LogP contribution >= 0.6 is 0 Å². The smallest absolute Gasteiger partial charge is 0.193 e. The number of hydrogen-bond donors (Lipinski definition) is 0. The van der Waals surface area contributed by atoms with Crippen molar-refractivity contribution in [2.24, 2.45) is 0 Å². The lowest BCUT2D eigenvalue weighted by atomic mass is 9.83. The number of benzene rings is 2. The highest BCUT2D eigenvalue weighted by Gasteiger charge is 2.39. The Hall–Kier alpha value is -2.52. The third kappa shape index (κ3) is 10.0. The summed E-state index contributed by atoms with van der Waals surface area (Å²) >= 11 is 0. The van der Waals surface area contributed by atoms with Crippen molar-refractivity contribution in [3.8, 4) is 0 Å². The second kappa shape index (κ2) is 17.9. The molecule has 0 N–H and O–H groups in total. The highest BCUT2D eigenvalue weighted by atomic mass is 16.5. The lowest BCUT2D eigenvalue weighted by Gasteiger charge is -2.32. The number of carbonyl (C=O) groups excluding carboxylic acids is 2. The van der Waals surface area contributed by atoms with Gasteiger partial charge < -0.3 is 4.74 Å². The number of hydrogen-bond acceptors (Lipinski definition) is 3. The van der Waals surface area contributed by atoms with E-state index in [-0.39, 0.29) is 11.6 Å². The van der Waals surface area contributed by atoms with Crippen molar-refractivity contribution in [1.29, 1.82) is 0 Å². The summed E-state index contributed by atoms with van der Waals surface area (Å²) < 4.78 is 6.43. The van der Waals surface area contributed by atoms with Crippen LogP contribution in [0.25, 0.3) is 0 Å². The fraction of sp³-hybridized carbons (Fsp3) is 0.529. The Balaban J connectivity index is 2.09. The van der Waals surface area contributed by atoms with Gasteiger partial charge in [0.1, 0.15) is 0 Å². The zero-order valence-corrected chi connectivity index (χ0v) is 23.3. The quantitative estimate of drug-likeness (QED) is 0.0966. The Labute approximate surface area is 225 Å². The maximum Gasteiger partial charge on any atom is 0.193 e. The Morgan fingerprint density at radius 1 is 0.703 bits per heavy atom. The van der Waals surface area contributed by atoms with E-state index in [2.05, 4.69) is 20.4 Å². The number of carbonyl (C=O) groups is 2. The first-order valence-electron chi connectivity index (χ1n) is 14.6. The van der Waals surface area contributed by atoms with Crippen LogP contribution in [0.2, 0.25) is 0 Å². The fourth-order valence-electron chi connectivity index (χ4n) is 4.91. The van der Waals surface area contributed by atoms with Crippen LogP contribution in [-0.2, 0) is 15.1 Å². The number of ether oxygens (including phenoxy) is 1. The molecule has 2 rings (SSSR count). The predicted octanol–water partition coefficient (Wildman–Crippen LogP) is 9.39. The van der Waals surface area contributed by atoms with Crippen molar-refractivity contribution in [3.05, 3.63) is 83.9 Å². The summed E-state index contributed by atoms with van der Waals surface area (Å²) in [5, 5.41) is 0. The maximum absolute atomic E-state index is 13.3. The van der Waals surface area contributed by atoms with Crippen molar-refractivity contribution in [3.63, 3.8) is 0 Å². The molecule has 0 aromatic heterocycles. The summed E-state index contributed by atoms with van der Waals surface area (Å²) in [6.07, 6.45) is 17.5. The molecule has 0 fully saturated rings. The van der Waals surface area contributed by atoms with Crippen molar-refractivity contribution in [1.82, 2.24) is 0 Å². The number of rotatable bonds is 21. The SMILES string of the molecule is C=CC(=O)C(CCCCCCCCCCCC)(OCCCCC)c1ccc(C(=O)c2ccccc2)cc1. The molecule has 0 radical (unpaired) electrons. The molecule has 0 aliphatic carbocycles. The number of ketones is 2. The number of unbranched alkanes of at least 4 members (excludes halogenated alkanes) is 11. The maximum atomic E-state index is 13.3. The van der Waals surface area contributed by atoms with Crippen LogP contribution in [0.4, 0.5) is 0 Å². The zero-order chi connectivity index (χ0) is 26.8. The van der Waals surface area contributed by atoms with Gasteiger partial charge in [0, 0.05) is 17.7 Å². The van der Waals surface area contributed by atoms with E-state index in [0.29, 0.717) is 24.2 Å². The molecule has 1 atom stereocenters.